The smallest absolute Gasteiger partial charge is 0.228 e. The Morgan fingerprint density at radius 1 is 1.07 bits per heavy atom. The second kappa shape index (κ2) is 11.5. The summed E-state index contributed by atoms with van der Waals surface area (Å²) in [6.45, 7) is 4.71. The first-order valence-corrected chi connectivity index (χ1v) is 14.3. The molecular weight excluding hydrogens is 590 g/mol. The van der Waals surface area contributed by atoms with Gasteiger partial charge in [-0.3, -0.25) is 9.78 Å². The number of hydrogen-bond donors (Lipinski definition) is 2. The van der Waals surface area contributed by atoms with Gasteiger partial charge in [-0.2, -0.15) is 5.26 Å². The Morgan fingerprint density at radius 2 is 1.88 bits per heavy atom. The maximum atomic E-state index is 13.8. The lowest BCUT2D eigenvalue weighted by molar-refractivity contribution is -0.122. The summed E-state index contributed by atoms with van der Waals surface area (Å²) in [5, 5.41) is 26.3. The van der Waals surface area contributed by atoms with Crippen LogP contribution in [0.4, 0.5) is 27.1 Å². The number of carbonyl (C=O) groups is 1. The first-order valence-electron chi connectivity index (χ1n) is 13.5. The van der Waals surface area contributed by atoms with Gasteiger partial charge in [0.25, 0.3) is 0 Å². The largest absolute Gasteiger partial charge is 0.373 e. The Hall–Kier alpha value is -4.72. The van der Waals surface area contributed by atoms with Gasteiger partial charge in [0.2, 0.25) is 5.91 Å². The van der Waals surface area contributed by atoms with Crippen LogP contribution in [0.1, 0.15) is 49.2 Å². The predicted octanol–water partition coefficient (Wildman–Crippen LogP) is 7.41. The SMILES string of the molecule is CC(C)n1cc(C(Nc2cc(Cl)c3ncc(C#N)c(Nc4ccc(F)c(Cl)c4)c3c2)c2cccc(N3CCC3=O)c2)nn1. The number of hydrogen-bond acceptors (Lipinski definition) is 7. The molecule has 6 rings (SSSR count). The molecule has 12 heteroatoms. The molecule has 1 aliphatic heterocycles. The van der Waals surface area contributed by atoms with Gasteiger partial charge in [-0.25, -0.2) is 9.07 Å². The molecule has 5 aromatic rings. The number of benzene rings is 3. The summed E-state index contributed by atoms with van der Waals surface area (Å²) in [5.74, 6) is -0.471. The van der Waals surface area contributed by atoms with Crippen molar-refractivity contribution >= 4 is 62.8 Å². The van der Waals surface area contributed by atoms with Crippen molar-refractivity contribution in [3.8, 4) is 6.07 Å². The van der Waals surface area contributed by atoms with E-state index in [-0.39, 0.29) is 22.5 Å². The van der Waals surface area contributed by atoms with Crippen molar-refractivity contribution in [1.82, 2.24) is 20.0 Å². The fourth-order valence-corrected chi connectivity index (χ4v) is 5.36. The molecule has 9 nitrogen and oxygen atoms in total. The second-order valence-electron chi connectivity index (χ2n) is 10.5. The fourth-order valence-electron chi connectivity index (χ4n) is 4.91. The van der Waals surface area contributed by atoms with Crippen molar-refractivity contribution in [1.29, 1.82) is 5.26 Å². The highest BCUT2D eigenvalue weighted by Gasteiger charge is 2.27. The van der Waals surface area contributed by atoms with E-state index < -0.39 is 11.9 Å². The van der Waals surface area contributed by atoms with Crippen molar-refractivity contribution in [2.75, 3.05) is 22.1 Å². The van der Waals surface area contributed by atoms with E-state index in [1.807, 2.05) is 50.4 Å². The van der Waals surface area contributed by atoms with E-state index in [0.717, 1.165) is 11.3 Å². The van der Waals surface area contributed by atoms with Crippen LogP contribution in [0.3, 0.4) is 0 Å². The highest BCUT2D eigenvalue weighted by molar-refractivity contribution is 6.36. The number of pyridine rings is 1. The summed E-state index contributed by atoms with van der Waals surface area (Å²) >= 11 is 12.8. The molecule has 3 heterocycles. The zero-order valence-corrected chi connectivity index (χ0v) is 24.7. The highest BCUT2D eigenvalue weighted by Crippen LogP contribution is 2.37. The Morgan fingerprint density at radius 3 is 2.56 bits per heavy atom. The van der Waals surface area contributed by atoms with Gasteiger partial charge < -0.3 is 15.5 Å². The molecule has 0 aliphatic carbocycles. The molecule has 1 fully saturated rings. The third-order valence-electron chi connectivity index (χ3n) is 7.26. The minimum atomic E-state index is -0.551. The van der Waals surface area contributed by atoms with E-state index in [4.69, 9.17) is 23.2 Å². The number of halogens is 3. The monoisotopic (exact) mass is 614 g/mol. The topological polar surface area (TPSA) is 112 Å². The maximum absolute atomic E-state index is 13.8. The van der Waals surface area contributed by atoms with Crippen LogP contribution in [0.25, 0.3) is 10.9 Å². The molecule has 2 N–H and O–H groups in total. The Kier molecular flexibility index (Phi) is 7.61. The number of nitriles is 1. The van der Waals surface area contributed by atoms with Crippen molar-refractivity contribution < 1.29 is 9.18 Å². The lowest BCUT2D eigenvalue weighted by atomic mass is 10.0. The molecule has 2 aromatic heterocycles. The molecule has 43 heavy (non-hydrogen) atoms. The number of β-lactam (4-membered cyclic amide) rings is 1. The average molecular weight is 615 g/mol. The number of nitrogens with one attached hydrogen (secondary N) is 2. The molecule has 0 radical (unpaired) electrons. The lowest BCUT2D eigenvalue weighted by Crippen LogP contribution is -2.43. The molecular formula is C31H25Cl2FN8O. The molecule has 3 aromatic carbocycles. The van der Waals surface area contributed by atoms with E-state index >= 15 is 0 Å². The number of aromatic nitrogens is 4. The minimum Gasteiger partial charge on any atom is -0.373 e. The van der Waals surface area contributed by atoms with E-state index in [1.54, 1.807) is 15.6 Å². The predicted molar refractivity (Wildman–Crippen MR) is 165 cm³/mol. The van der Waals surface area contributed by atoms with Crippen LogP contribution < -0.4 is 15.5 Å². The minimum absolute atomic E-state index is 0.0540. The second-order valence-corrected chi connectivity index (χ2v) is 11.3. The summed E-state index contributed by atoms with van der Waals surface area (Å²) in [4.78, 5) is 18.3. The van der Waals surface area contributed by atoms with Gasteiger partial charge >= 0.3 is 0 Å². The van der Waals surface area contributed by atoms with Gasteiger partial charge in [0, 0.05) is 47.7 Å². The van der Waals surface area contributed by atoms with Gasteiger partial charge in [0.05, 0.1) is 39.1 Å². The Bertz CT molecular complexity index is 1920. The summed E-state index contributed by atoms with van der Waals surface area (Å²) in [6.07, 6.45) is 3.85. The summed E-state index contributed by atoms with van der Waals surface area (Å²) in [7, 11) is 0. The molecule has 1 saturated heterocycles. The van der Waals surface area contributed by atoms with Crippen LogP contribution in [0.2, 0.25) is 10.0 Å². The van der Waals surface area contributed by atoms with E-state index in [9.17, 15) is 14.4 Å². The average Bonchev–Trinajstić information content (AvgIpc) is 3.48. The van der Waals surface area contributed by atoms with Crippen molar-refractivity contribution in [2.24, 2.45) is 0 Å². The van der Waals surface area contributed by atoms with Crippen LogP contribution >= 0.6 is 23.2 Å². The number of amides is 1. The quantitative estimate of drug-likeness (QED) is 0.175. The van der Waals surface area contributed by atoms with Gasteiger partial charge in [-0.15, -0.1) is 5.10 Å². The maximum Gasteiger partial charge on any atom is 0.228 e. The molecule has 0 bridgehead atoms. The molecule has 0 saturated carbocycles. The van der Waals surface area contributed by atoms with Crippen LogP contribution in [0.15, 0.2) is 67.0 Å². The third-order valence-corrected chi connectivity index (χ3v) is 7.84. The number of nitrogens with zero attached hydrogens (tertiary/aromatic N) is 6. The third kappa shape index (κ3) is 5.57. The zero-order chi connectivity index (χ0) is 30.2. The van der Waals surface area contributed by atoms with Gasteiger partial charge in [-0.1, -0.05) is 40.5 Å². The zero-order valence-electron chi connectivity index (χ0n) is 23.1. The fraction of sp³-hybridized carbons (Fsp3) is 0.194. The summed E-state index contributed by atoms with van der Waals surface area (Å²) in [5.41, 5.74) is 4.65. The lowest BCUT2D eigenvalue weighted by Gasteiger charge is -2.31. The first-order chi connectivity index (χ1) is 20.7. The number of fused-ring (bicyclic) bond motifs is 1. The number of anilines is 4. The Labute approximate surface area is 256 Å². The van der Waals surface area contributed by atoms with E-state index in [0.29, 0.717) is 51.6 Å². The van der Waals surface area contributed by atoms with Crippen molar-refractivity contribution in [3.05, 3.63) is 99.7 Å². The molecule has 216 valence electrons. The van der Waals surface area contributed by atoms with E-state index in [2.05, 4.69) is 32.0 Å². The number of carbonyl (C=O) groups excluding carboxylic acids is 1. The first kappa shape index (κ1) is 28.4. The summed E-state index contributed by atoms with van der Waals surface area (Å²) < 4.78 is 15.6. The van der Waals surface area contributed by atoms with Gasteiger partial charge in [0.15, 0.2) is 0 Å². The highest BCUT2D eigenvalue weighted by atomic mass is 35.5. The van der Waals surface area contributed by atoms with Crippen LogP contribution in [0, 0.1) is 17.1 Å². The van der Waals surface area contributed by atoms with Crippen molar-refractivity contribution in [2.45, 2.75) is 32.4 Å². The summed E-state index contributed by atoms with van der Waals surface area (Å²) in [6, 6.07) is 17.4. The van der Waals surface area contributed by atoms with E-state index in [1.165, 1.54) is 24.4 Å². The Balaban J connectivity index is 1.45. The van der Waals surface area contributed by atoms with Crippen LogP contribution in [-0.4, -0.2) is 32.4 Å². The van der Waals surface area contributed by atoms with Crippen LogP contribution in [-0.2, 0) is 4.79 Å². The molecule has 1 aliphatic rings. The molecule has 1 unspecified atom stereocenters. The number of rotatable bonds is 8. The molecule has 1 amide bonds. The molecule has 1 atom stereocenters. The van der Waals surface area contributed by atoms with Gasteiger partial charge in [-0.05, 0) is 61.9 Å². The van der Waals surface area contributed by atoms with Gasteiger partial charge in [0.1, 0.15) is 17.6 Å². The van der Waals surface area contributed by atoms with Crippen LogP contribution in [0.5, 0.6) is 0 Å². The molecule has 0 spiro atoms. The normalized spacial score (nSPS) is 13.6. The standard InChI is InChI=1S/C31H25Cl2FN8O/c1-17(2)42-16-27(39-40-42)30(18-4-3-5-22(10-18)41-9-8-28(41)43)38-21-11-23-29(37-20-6-7-26(34)24(32)12-20)19(14-35)15-36-31(23)25(33)13-21/h3-7,10-13,15-17,30,38H,8-9H2,1-2H3,(H,36,37). The van der Waals surface area contributed by atoms with Crippen molar-refractivity contribution in [3.63, 3.8) is 0 Å².